The van der Waals surface area contributed by atoms with Crippen LogP contribution >= 0.6 is 11.6 Å². The van der Waals surface area contributed by atoms with Crippen molar-refractivity contribution < 1.29 is 13.2 Å². The maximum Gasteiger partial charge on any atom is 0.240 e. The van der Waals surface area contributed by atoms with Crippen molar-refractivity contribution in [1.82, 2.24) is 14.7 Å². The summed E-state index contributed by atoms with van der Waals surface area (Å²) in [7, 11) is -2.01. The zero-order chi connectivity index (χ0) is 23.3. The molecule has 0 saturated carbocycles. The third kappa shape index (κ3) is 6.06. The molecule has 6 nitrogen and oxygen atoms in total. The van der Waals surface area contributed by atoms with E-state index in [0.29, 0.717) is 35.1 Å². The number of halogens is 1. The normalized spacial score (nSPS) is 11.7. The van der Waals surface area contributed by atoms with Crippen LogP contribution in [0.15, 0.2) is 53.6 Å². The first kappa shape index (κ1) is 24.2. The monoisotopic (exact) mass is 473 g/mol. The van der Waals surface area contributed by atoms with Gasteiger partial charge < -0.3 is 4.74 Å². The molecule has 0 aliphatic carbocycles. The SMILES string of the molecule is COc1ccc(C)cc1Cc1ncc(Cl)c(Cc2ccccc2S(=O)(=O)NCC(C)C)n1. The van der Waals surface area contributed by atoms with Crippen molar-refractivity contribution in [3.63, 3.8) is 0 Å². The van der Waals surface area contributed by atoms with Crippen molar-refractivity contribution in [2.24, 2.45) is 5.92 Å². The number of methoxy groups -OCH3 is 1. The van der Waals surface area contributed by atoms with Crippen LogP contribution in [0.25, 0.3) is 0 Å². The minimum atomic E-state index is -3.64. The van der Waals surface area contributed by atoms with Gasteiger partial charge in [0, 0.05) is 31.1 Å². The Morgan fingerprint density at radius 1 is 1.09 bits per heavy atom. The van der Waals surface area contributed by atoms with Crippen molar-refractivity contribution >= 4 is 21.6 Å². The van der Waals surface area contributed by atoms with Gasteiger partial charge in [0.2, 0.25) is 10.0 Å². The van der Waals surface area contributed by atoms with Crippen LogP contribution in [-0.2, 0) is 22.9 Å². The van der Waals surface area contributed by atoms with Crippen LogP contribution in [0.5, 0.6) is 5.75 Å². The number of sulfonamides is 1. The highest BCUT2D eigenvalue weighted by Crippen LogP contribution is 2.25. The third-order valence-electron chi connectivity index (χ3n) is 4.95. The number of hydrogen-bond acceptors (Lipinski definition) is 5. The van der Waals surface area contributed by atoms with Crippen molar-refractivity contribution in [1.29, 1.82) is 0 Å². The summed E-state index contributed by atoms with van der Waals surface area (Å²) in [5.74, 6) is 1.56. The molecule has 0 fully saturated rings. The highest BCUT2D eigenvalue weighted by molar-refractivity contribution is 7.89. The Labute approximate surface area is 195 Å². The lowest BCUT2D eigenvalue weighted by Gasteiger charge is -2.14. The Bertz CT molecular complexity index is 1200. The summed E-state index contributed by atoms with van der Waals surface area (Å²) >= 11 is 6.39. The first-order valence-electron chi connectivity index (χ1n) is 10.4. The zero-order valence-electron chi connectivity index (χ0n) is 18.7. The molecule has 0 aliphatic rings. The molecule has 1 heterocycles. The van der Waals surface area contributed by atoms with E-state index in [9.17, 15) is 8.42 Å². The average molecular weight is 474 g/mol. The van der Waals surface area contributed by atoms with Crippen LogP contribution in [0.1, 0.15) is 42.1 Å². The number of benzene rings is 2. The van der Waals surface area contributed by atoms with Crippen molar-refractivity contribution in [2.75, 3.05) is 13.7 Å². The highest BCUT2D eigenvalue weighted by Gasteiger charge is 2.20. The van der Waals surface area contributed by atoms with Crippen molar-refractivity contribution in [2.45, 2.75) is 38.5 Å². The van der Waals surface area contributed by atoms with Gasteiger partial charge in [0.15, 0.2) is 0 Å². The zero-order valence-corrected chi connectivity index (χ0v) is 20.3. The van der Waals surface area contributed by atoms with E-state index >= 15 is 0 Å². The van der Waals surface area contributed by atoms with E-state index in [1.807, 2.05) is 45.0 Å². The fraction of sp³-hybridized carbons (Fsp3) is 0.333. The number of aryl methyl sites for hydroxylation is 1. The van der Waals surface area contributed by atoms with Crippen molar-refractivity contribution in [3.8, 4) is 5.75 Å². The van der Waals surface area contributed by atoms with Gasteiger partial charge in [0.05, 0.1) is 22.7 Å². The highest BCUT2D eigenvalue weighted by atomic mass is 35.5. The second-order valence-electron chi connectivity index (χ2n) is 8.10. The van der Waals surface area contributed by atoms with E-state index in [4.69, 9.17) is 16.3 Å². The predicted octanol–water partition coefficient (Wildman–Crippen LogP) is 4.56. The van der Waals surface area contributed by atoms with Crippen molar-refractivity contribution in [3.05, 3.63) is 81.9 Å². The lowest BCUT2D eigenvalue weighted by atomic mass is 10.1. The molecular formula is C24H28ClN3O3S. The second kappa shape index (κ2) is 10.4. The van der Waals surface area contributed by atoms with E-state index in [1.165, 1.54) is 0 Å². The lowest BCUT2D eigenvalue weighted by Crippen LogP contribution is -2.28. The van der Waals surface area contributed by atoms with Gasteiger partial charge in [-0.15, -0.1) is 0 Å². The molecule has 8 heteroatoms. The standard InChI is InChI=1S/C24H28ClN3O3S/c1-16(2)14-27-32(29,30)23-8-6-5-7-18(23)12-21-20(25)15-26-24(28-21)13-19-11-17(3)9-10-22(19)31-4/h5-11,15-16,27H,12-14H2,1-4H3. The van der Waals surface area contributed by atoms with Crippen LogP contribution in [0.3, 0.4) is 0 Å². The molecule has 3 aromatic rings. The Morgan fingerprint density at radius 3 is 2.56 bits per heavy atom. The van der Waals surface area contributed by atoms with Gasteiger partial charge >= 0.3 is 0 Å². The second-order valence-corrected chi connectivity index (χ2v) is 10.2. The van der Waals surface area contributed by atoms with E-state index in [-0.39, 0.29) is 17.2 Å². The average Bonchev–Trinajstić information content (AvgIpc) is 2.75. The quantitative estimate of drug-likeness (QED) is 0.492. The lowest BCUT2D eigenvalue weighted by molar-refractivity contribution is 0.410. The first-order chi connectivity index (χ1) is 15.2. The van der Waals surface area contributed by atoms with Gasteiger partial charge in [-0.1, -0.05) is 61.3 Å². The van der Waals surface area contributed by atoms with E-state index in [1.54, 1.807) is 31.5 Å². The van der Waals surface area contributed by atoms with Gasteiger partial charge in [-0.3, -0.25) is 0 Å². The molecule has 1 N–H and O–H groups in total. The van der Waals surface area contributed by atoms with Crippen LogP contribution in [0.2, 0.25) is 5.02 Å². The fourth-order valence-electron chi connectivity index (χ4n) is 3.32. The molecule has 32 heavy (non-hydrogen) atoms. The predicted molar refractivity (Wildman–Crippen MR) is 127 cm³/mol. The Balaban J connectivity index is 1.91. The minimum absolute atomic E-state index is 0.203. The Hall–Kier alpha value is -2.48. The van der Waals surface area contributed by atoms with Crippen LogP contribution < -0.4 is 9.46 Å². The largest absolute Gasteiger partial charge is 0.496 e. The van der Waals surface area contributed by atoms with Gasteiger partial charge in [0.1, 0.15) is 11.6 Å². The summed E-state index contributed by atoms with van der Waals surface area (Å²) in [5, 5.41) is 0.396. The number of nitrogens with one attached hydrogen (secondary N) is 1. The Morgan fingerprint density at radius 2 is 1.84 bits per heavy atom. The molecule has 0 amide bonds. The van der Waals surface area contributed by atoms with E-state index in [0.717, 1.165) is 16.9 Å². The molecule has 0 bridgehead atoms. The van der Waals surface area contributed by atoms with Gasteiger partial charge in [-0.2, -0.15) is 0 Å². The van der Waals surface area contributed by atoms with Crippen LogP contribution in [0.4, 0.5) is 0 Å². The molecule has 0 radical (unpaired) electrons. The molecule has 1 aromatic heterocycles. The summed E-state index contributed by atoms with van der Waals surface area (Å²) in [6.07, 6.45) is 2.32. The molecule has 3 rings (SSSR count). The summed E-state index contributed by atoms with van der Waals surface area (Å²) in [6, 6.07) is 12.9. The van der Waals surface area contributed by atoms with Gasteiger partial charge in [-0.25, -0.2) is 23.1 Å². The Kier molecular flexibility index (Phi) is 7.87. The molecule has 0 saturated heterocycles. The number of rotatable bonds is 9. The maximum absolute atomic E-state index is 12.9. The van der Waals surface area contributed by atoms with E-state index < -0.39 is 10.0 Å². The molecular weight excluding hydrogens is 446 g/mol. The van der Waals surface area contributed by atoms with Gasteiger partial charge in [-0.05, 0) is 30.5 Å². The summed E-state index contributed by atoms with van der Waals surface area (Å²) < 4.78 is 33.8. The minimum Gasteiger partial charge on any atom is -0.496 e. The summed E-state index contributed by atoms with van der Waals surface area (Å²) in [4.78, 5) is 9.26. The summed E-state index contributed by atoms with van der Waals surface area (Å²) in [6.45, 7) is 6.30. The smallest absolute Gasteiger partial charge is 0.240 e. The topological polar surface area (TPSA) is 81.2 Å². The number of nitrogens with zero attached hydrogens (tertiary/aromatic N) is 2. The molecule has 0 unspecified atom stereocenters. The van der Waals surface area contributed by atoms with Gasteiger partial charge in [0.25, 0.3) is 0 Å². The number of aromatic nitrogens is 2. The van der Waals surface area contributed by atoms with E-state index in [2.05, 4.69) is 14.7 Å². The first-order valence-corrected chi connectivity index (χ1v) is 12.3. The molecule has 0 spiro atoms. The molecule has 0 atom stereocenters. The van der Waals surface area contributed by atoms with Crippen LogP contribution in [-0.4, -0.2) is 32.0 Å². The fourth-order valence-corrected chi connectivity index (χ4v) is 4.92. The summed E-state index contributed by atoms with van der Waals surface area (Å²) in [5.41, 5.74) is 3.29. The molecule has 0 aliphatic heterocycles. The molecule has 2 aromatic carbocycles. The number of hydrogen-bond donors (Lipinski definition) is 1. The molecule has 170 valence electrons. The van der Waals surface area contributed by atoms with Crippen LogP contribution in [0, 0.1) is 12.8 Å². The number of ether oxygens (including phenoxy) is 1. The maximum atomic E-state index is 12.9. The third-order valence-corrected chi connectivity index (χ3v) is 6.79.